The fourth-order valence-corrected chi connectivity index (χ4v) is 1.21. The minimum Gasteiger partial charge on any atom is -0.508 e. The van der Waals surface area contributed by atoms with E-state index in [2.05, 4.69) is 0 Å². The maximum atomic E-state index is 9.34. The van der Waals surface area contributed by atoms with E-state index >= 15 is 0 Å². The molecule has 1 rings (SSSR count). The van der Waals surface area contributed by atoms with Gasteiger partial charge >= 0.3 is 0 Å². The number of aromatic hydroxyl groups is 1. The molecule has 0 bridgehead atoms. The van der Waals surface area contributed by atoms with Crippen LogP contribution in [0.4, 0.5) is 0 Å². The highest BCUT2D eigenvalue weighted by Crippen LogP contribution is 2.22. The number of rotatable bonds is 3. The summed E-state index contributed by atoms with van der Waals surface area (Å²) >= 11 is 5.45. The fraction of sp³-hybridized carbons (Fsp3) is 0.333. The van der Waals surface area contributed by atoms with Gasteiger partial charge in [-0.25, -0.2) is 0 Å². The van der Waals surface area contributed by atoms with Crippen LogP contribution in [0, 0.1) is 0 Å². The highest BCUT2D eigenvalue weighted by molar-refractivity contribution is 6.18. The van der Waals surface area contributed by atoms with E-state index in [1.54, 1.807) is 6.07 Å². The van der Waals surface area contributed by atoms with E-state index in [9.17, 15) is 10.2 Å². The van der Waals surface area contributed by atoms with Gasteiger partial charge in [0.25, 0.3) is 0 Å². The predicted octanol–water partition coefficient (Wildman–Crippen LogP) is 1.16. The van der Waals surface area contributed by atoms with Crippen molar-refractivity contribution in [3.63, 3.8) is 0 Å². The molecule has 0 saturated carbocycles. The van der Waals surface area contributed by atoms with Gasteiger partial charge in [0.2, 0.25) is 0 Å². The SMILES string of the molecule is OCc1cc(C(O)CCl)ccc1O. The maximum Gasteiger partial charge on any atom is 0.121 e. The molecule has 3 N–H and O–H groups in total. The van der Waals surface area contributed by atoms with Crippen LogP contribution in [0.2, 0.25) is 0 Å². The zero-order chi connectivity index (χ0) is 9.84. The molecule has 0 spiro atoms. The van der Waals surface area contributed by atoms with Crippen LogP contribution >= 0.6 is 11.6 Å². The van der Waals surface area contributed by atoms with Crippen LogP contribution in [0.3, 0.4) is 0 Å². The molecule has 0 saturated heterocycles. The van der Waals surface area contributed by atoms with E-state index in [0.29, 0.717) is 11.1 Å². The lowest BCUT2D eigenvalue weighted by molar-refractivity contribution is 0.202. The van der Waals surface area contributed by atoms with Crippen LogP contribution in [0.5, 0.6) is 5.75 Å². The molecule has 72 valence electrons. The lowest BCUT2D eigenvalue weighted by Crippen LogP contribution is -1.99. The molecule has 0 radical (unpaired) electrons. The topological polar surface area (TPSA) is 60.7 Å². The monoisotopic (exact) mass is 202 g/mol. The van der Waals surface area contributed by atoms with Gasteiger partial charge in [0, 0.05) is 5.56 Å². The van der Waals surface area contributed by atoms with Gasteiger partial charge in [0.05, 0.1) is 18.6 Å². The summed E-state index contributed by atoms with van der Waals surface area (Å²) in [5, 5.41) is 27.4. The standard InChI is InChI=1S/C9H11ClO3/c10-4-9(13)6-1-2-8(12)7(3-6)5-11/h1-3,9,11-13H,4-5H2. The summed E-state index contributed by atoms with van der Waals surface area (Å²) in [5.74, 6) is 0.114. The van der Waals surface area contributed by atoms with Crippen LogP contribution in [0.25, 0.3) is 0 Å². The van der Waals surface area contributed by atoms with Gasteiger partial charge in [-0.05, 0) is 17.7 Å². The minimum absolute atomic E-state index is 0.0213. The summed E-state index contributed by atoms with van der Waals surface area (Å²) in [5.41, 5.74) is 0.985. The van der Waals surface area contributed by atoms with E-state index in [1.807, 2.05) is 0 Å². The molecule has 1 aromatic rings. The van der Waals surface area contributed by atoms with Crippen molar-refractivity contribution in [1.29, 1.82) is 0 Å². The summed E-state index contributed by atoms with van der Waals surface area (Å²) in [4.78, 5) is 0. The molecule has 0 heterocycles. The van der Waals surface area contributed by atoms with Crippen molar-refractivity contribution in [2.24, 2.45) is 0 Å². The summed E-state index contributed by atoms with van der Waals surface area (Å²) in [7, 11) is 0. The van der Waals surface area contributed by atoms with Crippen molar-refractivity contribution in [1.82, 2.24) is 0 Å². The lowest BCUT2D eigenvalue weighted by Gasteiger charge is -2.09. The first-order valence-electron chi connectivity index (χ1n) is 3.85. The summed E-state index contributed by atoms with van der Waals surface area (Å²) in [6, 6.07) is 4.53. The minimum atomic E-state index is -0.757. The Hall–Kier alpha value is -0.770. The highest BCUT2D eigenvalue weighted by atomic mass is 35.5. The molecule has 4 heteroatoms. The molecular formula is C9H11ClO3. The summed E-state index contributed by atoms with van der Waals surface area (Å²) in [6.07, 6.45) is -0.757. The Morgan fingerprint density at radius 2 is 2.08 bits per heavy atom. The smallest absolute Gasteiger partial charge is 0.121 e. The second-order valence-corrected chi connectivity index (χ2v) is 3.02. The van der Waals surface area contributed by atoms with Crippen molar-refractivity contribution in [3.8, 4) is 5.75 Å². The van der Waals surface area contributed by atoms with Gasteiger partial charge in [-0.15, -0.1) is 11.6 Å². The molecule has 3 nitrogen and oxygen atoms in total. The van der Waals surface area contributed by atoms with E-state index in [1.165, 1.54) is 12.1 Å². The van der Waals surface area contributed by atoms with Crippen molar-refractivity contribution >= 4 is 11.6 Å². The molecule has 0 aliphatic heterocycles. The second-order valence-electron chi connectivity index (χ2n) is 2.72. The molecule has 0 aliphatic rings. The summed E-state index contributed by atoms with van der Waals surface area (Å²) in [6.45, 7) is -0.255. The Morgan fingerprint density at radius 3 is 2.62 bits per heavy atom. The van der Waals surface area contributed by atoms with E-state index in [0.717, 1.165) is 0 Å². The zero-order valence-corrected chi connectivity index (χ0v) is 7.70. The average Bonchev–Trinajstić information content (AvgIpc) is 2.17. The van der Waals surface area contributed by atoms with E-state index in [4.69, 9.17) is 16.7 Å². The van der Waals surface area contributed by atoms with Crippen LogP contribution in [0.1, 0.15) is 17.2 Å². The lowest BCUT2D eigenvalue weighted by atomic mass is 10.1. The van der Waals surface area contributed by atoms with Crippen LogP contribution in [-0.4, -0.2) is 21.2 Å². The molecule has 0 fully saturated rings. The third kappa shape index (κ3) is 2.34. The number of aliphatic hydroxyl groups excluding tert-OH is 2. The molecule has 1 aromatic carbocycles. The average molecular weight is 203 g/mol. The zero-order valence-electron chi connectivity index (χ0n) is 6.94. The van der Waals surface area contributed by atoms with E-state index < -0.39 is 6.10 Å². The Balaban J connectivity index is 2.99. The van der Waals surface area contributed by atoms with Crippen LogP contribution in [-0.2, 0) is 6.61 Å². The maximum absolute atomic E-state index is 9.34. The van der Waals surface area contributed by atoms with Crippen molar-refractivity contribution < 1.29 is 15.3 Å². The van der Waals surface area contributed by atoms with Gasteiger partial charge < -0.3 is 15.3 Å². The largest absolute Gasteiger partial charge is 0.508 e. The van der Waals surface area contributed by atoms with Crippen LogP contribution < -0.4 is 0 Å². The van der Waals surface area contributed by atoms with Gasteiger partial charge in [-0.3, -0.25) is 0 Å². The van der Waals surface area contributed by atoms with E-state index in [-0.39, 0.29) is 18.2 Å². The Labute approximate surface area is 81.2 Å². The quantitative estimate of drug-likeness (QED) is 0.645. The normalized spacial score (nSPS) is 12.8. The first-order valence-corrected chi connectivity index (χ1v) is 4.39. The highest BCUT2D eigenvalue weighted by Gasteiger charge is 2.08. The molecule has 0 amide bonds. The van der Waals surface area contributed by atoms with Crippen LogP contribution in [0.15, 0.2) is 18.2 Å². The number of hydrogen-bond donors (Lipinski definition) is 3. The van der Waals surface area contributed by atoms with Gasteiger partial charge in [0.15, 0.2) is 0 Å². The van der Waals surface area contributed by atoms with Gasteiger partial charge in [0.1, 0.15) is 5.75 Å². The van der Waals surface area contributed by atoms with Gasteiger partial charge in [-0.2, -0.15) is 0 Å². The number of halogens is 1. The first-order chi connectivity index (χ1) is 6.19. The predicted molar refractivity (Wildman–Crippen MR) is 49.7 cm³/mol. The number of hydrogen-bond acceptors (Lipinski definition) is 3. The summed E-state index contributed by atoms with van der Waals surface area (Å²) < 4.78 is 0. The Bertz CT molecular complexity index is 288. The molecule has 0 aromatic heterocycles. The second kappa shape index (κ2) is 4.46. The number of benzene rings is 1. The molecule has 1 unspecified atom stereocenters. The van der Waals surface area contributed by atoms with Gasteiger partial charge in [-0.1, -0.05) is 6.07 Å². The first kappa shape index (κ1) is 10.3. The number of aliphatic hydroxyl groups is 2. The number of phenols is 1. The fourth-order valence-electron chi connectivity index (χ4n) is 1.03. The Kier molecular flexibility index (Phi) is 3.54. The third-order valence-corrected chi connectivity index (χ3v) is 2.10. The van der Waals surface area contributed by atoms with Crippen molar-refractivity contribution in [2.75, 3.05) is 5.88 Å². The molecule has 13 heavy (non-hydrogen) atoms. The Morgan fingerprint density at radius 1 is 1.38 bits per heavy atom. The molecular weight excluding hydrogens is 192 g/mol. The van der Waals surface area contributed by atoms with Crippen molar-refractivity contribution in [3.05, 3.63) is 29.3 Å². The third-order valence-electron chi connectivity index (χ3n) is 1.80. The van der Waals surface area contributed by atoms with Crippen molar-refractivity contribution in [2.45, 2.75) is 12.7 Å². The molecule has 0 aliphatic carbocycles. The molecule has 1 atom stereocenters. The number of alkyl halides is 1.